The van der Waals surface area contributed by atoms with Gasteiger partial charge in [0, 0.05) is 31.6 Å². The summed E-state index contributed by atoms with van der Waals surface area (Å²) in [4.78, 5) is 13.8. The number of hydrogen-bond donors (Lipinski definition) is 2. The molecule has 2 rings (SSSR count). The standard InChI is InChI=1S/C14H19ClN2O2/c1-16-14(19)10-5-7-17(8-6-10)13-11(9-18)3-2-4-12(13)15/h2-4,10,18H,5-9H2,1H3,(H,16,19). The molecule has 1 heterocycles. The molecule has 1 aromatic carbocycles. The largest absolute Gasteiger partial charge is 0.392 e. The first-order chi connectivity index (χ1) is 9.17. The predicted molar refractivity (Wildman–Crippen MR) is 76.4 cm³/mol. The van der Waals surface area contributed by atoms with E-state index in [0.717, 1.165) is 37.2 Å². The third-order valence-corrected chi connectivity index (χ3v) is 3.97. The lowest BCUT2D eigenvalue weighted by Crippen LogP contribution is -2.40. The second-order valence-corrected chi connectivity index (χ2v) is 5.19. The number of carbonyl (C=O) groups is 1. The fourth-order valence-corrected chi connectivity index (χ4v) is 2.92. The Labute approximate surface area is 118 Å². The summed E-state index contributed by atoms with van der Waals surface area (Å²) in [6.45, 7) is 1.55. The smallest absolute Gasteiger partial charge is 0.222 e. The molecule has 2 N–H and O–H groups in total. The first kappa shape index (κ1) is 14.2. The molecule has 0 radical (unpaired) electrons. The molecular formula is C14H19ClN2O2. The average Bonchev–Trinajstić information content (AvgIpc) is 2.46. The average molecular weight is 283 g/mol. The Balaban J connectivity index is 2.12. The second kappa shape index (κ2) is 6.26. The van der Waals surface area contributed by atoms with Crippen molar-refractivity contribution < 1.29 is 9.90 Å². The van der Waals surface area contributed by atoms with E-state index < -0.39 is 0 Å². The number of rotatable bonds is 3. The number of aliphatic hydroxyl groups is 1. The third-order valence-electron chi connectivity index (χ3n) is 3.67. The number of piperidine rings is 1. The van der Waals surface area contributed by atoms with Crippen LogP contribution in [-0.2, 0) is 11.4 Å². The lowest BCUT2D eigenvalue weighted by atomic mass is 9.95. The van der Waals surface area contributed by atoms with Gasteiger partial charge in [-0.15, -0.1) is 0 Å². The van der Waals surface area contributed by atoms with Gasteiger partial charge in [0.1, 0.15) is 0 Å². The van der Waals surface area contributed by atoms with E-state index in [-0.39, 0.29) is 18.4 Å². The van der Waals surface area contributed by atoms with Crippen LogP contribution in [-0.4, -0.2) is 31.2 Å². The molecule has 1 aliphatic heterocycles. The lowest BCUT2D eigenvalue weighted by Gasteiger charge is -2.34. The highest BCUT2D eigenvalue weighted by Gasteiger charge is 2.26. The number of carbonyl (C=O) groups excluding carboxylic acids is 1. The summed E-state index contributed by atoms with van der Waals surface area (Å²) in [7, 11) is 1.67. The molecule has 1 fully saturated rings. The van der Waals surface area contributed by atoms with Crippen molar-refractivity contribution >= 4 is 23.2 Å². The summed E-state index contributed by atoms with van der Waals surface area (Å²) in [6, 6.07) is 5.56. The molecule has 0 spiro atoms. The lowest BCUT2D eigenvalue weighted by molar-refractivity contribution is -0.125. The zero-order valence-corrected chi connectivity index (χ0v) is 11.8. The minimum absolute atomic E-state index is 0.0226. The number of hydrogen-bond acceptors (Lipinski definition) is 3. The van der Waals surface area contributed by atoms with E-state index in [1.807, 2.05) is 18.2 Å². The van der Waals surface area contributed by atoms with Crippen LogP contribution in [0.5, 0.6) is 0 Å². The summed E-state index contributed by atoms with van der Waals surface area (Å²) < 4.78 is 0. The summed E-state index contributed by atoms with van der Waals surface area (Å²) in [5.74, 6) is 0.197. The zero-order chi connectivity index (χ0) is 13.8. The van der Waals surface area contributed by atoms with Crippen molar-refractivity contribution in [2.45, 2.75) is 19.4 Å². The maximum Gasteiger partial charge on any atom is 0.222 e. The minimum Gasteiger partial charge on any atom is -0.392 e. The molecule has 0 aromatic heterocycles. The van der Waals surface area contributed by atoms with Gasteiger partial charge in [-0.3, -0.25) is 4.79 Å². The van der Waals surface area contributed by atoms with Crippen LogP contribution in [0.25, 0.3) is 0 Å². The number of benzene rings is 1. The highest BCUT2D eigenvalue weighted by atomic mass is 35.5. The zero-order valence-electron chi connectivity index (χ0n) is 11.0. The van der Waals surface area contributed by atoms with Crippen molar-refractivity contribution in [2.24, 2.45) is 5.92 Å². The first-order valence-electron chi connectivity index (χ1n) is 6.52. The monoisotopic (exact) mass is 282 g/mol. The van der Waals surface area contributed by atoms with Gasteiger partial charge in [0.15, 0.2) is 0 Å². The number of para-hydroxylation sites is 1. The van der Waals surface area contributed by atoms with E-state index in [1.54, 1.807) is 7.05 Å². The summed E-state index contributed by atoms with van der Waals surface area (Å²) in [5, 5.41) is 12.8. The Morgan fingerprint density at radius 1 is 1.47 bits per heavy atom. The maximum absolute atomic E-state index is 11.6. The van der Waals surface area contributed by atoms with Crippen LogP contribution in [0.4, 0.5) is 5.69 Å². The van der Waals surface area contributed by atoms with Crippen LogP contribution < -0.4 is 10.2 Å². The number of amides is 1. The number of halogens is 1. The highest BCUT2D eigenvalue weighted by molar-refractivity contribution is 6.33. The molecule has 5 heteroatoms. The topological polar surface area (TPSA) is 52.6 Å². The Hall–Kier alpha value is -1.26. The van der Waals surface area contributed by atoms with Crippen molar-refractivity contribution in [2.75, 3.05) is 25.0 Å². The molecule has 0 unspecified atom stereocenters. The van der Waals surface area contributed by atoms with Gasteiger partial charge in [0.05, 0.1) is 17.3 Å². The van der Waals surface area contributed by atoms with Crippen molar-refractivity contribution in [1.82, 2.24) is 5.32 Å². The molecule has 1 aliphatic rings. The molecule has 0 saturated carbocycles. The van der Waals surface area contributed by atoms with E-state index in [0.29, 0.717) is 5.02 Å². The molecule has 1 saturated heterocycles. The summed E-state index contributed by atoms with van der Waals surface area (Å²) in [5.41, 5.74) is 1.74. The van der Waals surface area contributed by atoms with Crippen LogP contribution >= 0.6 is 11.6 Å². The van der Waals surface area contributed by atoms with Crippen LogP contribution in [0, 0.1) is 5.92 Å². The predicted octanol–water partition coefficient (Wildman–Crippen LogP) is 1.79. The van der Waals surface area contributed by atoms with E-state index in [9.17, 15) is 9.90 Å². The van der Waals surface area contributed by atoms with E-state index in [1.165, 1.54) is 0 Å². The van der Waals surface area contributed by atoms with Crippen molar-refractivity contribution in [3.8, 4) is 0 Å². The summed E-state index contributed by atoms with van der Waals surface area (Å²) >= 11 is 6.24. The summed E-state index contributed by atoms with van der Waals surface area (Å²) in [6.07, 6.45) is 1.63. The van der Waals surface area contributed by atoms with Crippen molar-refractivity contribution in [3.63, 3.8) is 0 Å². The molecular weight excluding hydrogens is 264 g/mol. The number of nitrogens with zero attached hydrogens (tertiary/aromatic N) is 1. The molecule has 1 amide bonds. The molecule has 0 atom stereocenters. The van der Waals surface area contributed by atoms with Crippen LogP contribution in [0.2, 0.25) is 5.02 Å². The minimum atomic E-state index is -0.0226. The fraction of sp³-hybridized carbons (Fsp3) is 0.500. The van der Waals surface area contributed by atoms with Gasteiger partial charge in [0.25, 0.3) is 0 Å². The van der Waals surface area contributed by atoms with Crippen LogP contribution in [0.1, 0.15) is 18.4 Å². The Bertz CT molecular complexity index is 457. The Morgan fingerprint density at radius 2 is 2.16 bits per heavy atom. The maximum atomic E-state index is 11.6. The van der Waals surface area contributed by atoms with Gasteiger partial charge < -0.3 is 15.3 Å². The van der Waals surface area contributed by atoms with Gasteiger partial charge >= 0.3 is 0 Å². The Kier molecular flexibility index (Phi) is 4.66. The van der Waals surface area contributed by atoms with Gasteiger partial charge in [-0.2, -0.15) is 0 Å². The van der Waals surface area contributed by atoms with Crippen LogP contribution in [0.3, 0.4) is 0 Å². The van der Waals surface area contributed by atoms with Gasteiger partial charge in [-0.05, 0) is 18.9 Å². The van der Waals surface area contributed by atoms with Gasteiger partial charge in [0.2, 0.25) is 5.91 Å². The molecule has 0 aliphatic carbocycles. The Morgan fingerprint density at radius 3 is 2.74 bits per heavy atom. The van der Waals surface area contributed by atoms with E-state index in [2.05, 4.69) is 10.2 Å². The SMILES string of the molecule is CNC(=O)C1CCN(c2c(Cl)cccc2CO)CC1. The molecule has 19 heavy (non-hydrogen) atoms. The van der Waals surface area contributed by atoms with Gasteiger partial charge in [-0.1, -0.05) is 23.7 Å². The van der Waals surface area contributed by atoms with E-state index in [4.69, 9.17) is 11.6 Å². The van der Waals surface area contributed by atoms with E-state index >= 15 is 0 Å². The van der Waals surface area contributed by atoms with Crippen molar-refractivity contribution in [1.29, 1.82) is 0 Å². The number of aliphatic hydroxyl groups excluding tert-OH is 1. The van der Waals surface area contributed by atoms with Crippen LogP contribution in [0.15, 0.2) is 18.2 Å². The second-order valence-electron chi connectivity index (χ2n) is 4.78. The normalized spacial score (nSPS) is 16.5. The quantitative estimate of drug-likeness (QED) is 0.889. The molecule has 0 bridgehead atoms. The van der Waals surface area contributed by atoms with Crippen molar-refractivity contribution in [3.05, 3.63) is 28.8 Å². The van der Waals surface area contributed by atoms with Gasteiger partial charge in [-0.25, -0.2) is 0 Å². The number of anilines is 1. The molecule has 1 aromatic rings. The fourth-order valence-electron chi connectivity index (χ4n) is 2.61. The molecule has 4 nitrogen and oxygen atoms in total. The highest BCUT2D eigenvalue weighted by Crippen LogP contribution is 2.33. The number of nitrogens with one attached hydrogen (secondary N) is 1. The first-order valence-corrected chi connectivity index (χ1v) is 6.90. The third kappa shape index (κ3) is 3.01. The molecule has 104 valence electrons.